The van der Waals surface area contributed by atoms with E-state index in [2.05, 4.69) is 10.1 Å². The first-order chi connectivity index (χ1) is 14.5. The zero-order valence-electron chi connectivity index (χ0n) is 18.0. The molecular formula is C21H27FN4O5. The minimum atomic E-state index is -0.893. The number of methoxy groups -OCH3 is 1. The number of piperazine rings is 1. The molecule has 1 saturated heterocycles. The van der Waals surface area contributed by atoms with E-state index < -0.39 is 35.1 Å². The highest BCUT2D eigenvalue weighted by Crippen LogP contribution is 2.16. The van der Waals surface area contributed by atoms with Gasteiger partial charge in [0, 0.05) is 37.9 Å². The summed E-state index contributed by atoms with van der Waals surface area (Å²) in [5.41, 5.74) is -0.677. The van der Waals surface area contributed by atoms with Gasteiger partial charge < -0.3 is 24.6 Å². The molecule has 2 rings (SSSR count). The van der Waals surface area contributed by atoms with E-state index in [1.165, 1.54) is 29.2 Å². The second kappa shape index (κ2) is 10.1. The first-order valence-corrected chi connectivity index (χ1v) is 9.68. The van der Waals surface area contributed by atoms with Crippen molar-refractivity contribution in [1.29, 1.82) is 5.41 Å². The number of amides is 2. The van der Waals surface area contributed by atoms with E-state index in [1.54, 1.807) is 25.7 Å². The standard InChI is InChI=1S/C21H27FN4O5/c1-21(2,3)31-20(29)26-11-9-25(10-12-26)16(18(23)19(28)30-4)13-17(27)24-15-7-5-14(22)6-8-15/h5-8,13,23H,9-12H2,1-4H3,(H,24,27)/b16-13+,23-18?. The molecule has 1 aliphatic rings. The van der Waals surface area contributed by atoms with Crippen LogP contribution < -0.4 is 5.32 Å². The summed E-state index contributed by atoms with van der Waals surface area (Å²) in [6.07, 6.45) is 0.668. The largest absolute Gasteiger partial charge is 0.464 e. The van der Waals surface area contributed by atoms with Crippen molar-refractivity contribution in [3.63, 3.8) is 0 Å². The number of carbonyl (C=O) groups excluding carboxylic acids is 3. The fourth-order valence-electron chi connectivity index (χ4n) is 2.82. The summed E-state index contributed by atoms with van der Waals surface area (Å²) in [5.74, 6) is -1.93. The van der Waals surface area contributed by atoms with Gasteiger partial charge in [0.15, 0.2) is 5.71 Å². The molecule has 2 N–H and O–H groups in total. The number of hydrogen-bond donors (Lipinski definition) is 2. The molecule has 1 aromatic carbocycles. The number of nitrogens with one attached hydrogen (secondary N) is 2. The van der Waals surface area contributed by atoms with Gasteiger partial charge in [0.2, 0.25) is 0 Å². The molecule has 9 nitrogen and oxygen atoms in total. The summed E-state index contributed by atoms with van der Waals surface area (Å²) in [5, 5.41) is 10.7. The van der Waals surface area contributed by atoms with Gasteiger partial charge in [-0.15, -0.1) is 0 Å². The van der Waals surface area contributed by atoms with Crippen LogP contribution in [0, 0.1) is 11.2 Å². The van der Waals surface area contributed by atoms with Crippen molar-refractivity contribution in [3.8, 4) is 0 Å². The monoisotopic (exact) mass is 434 g/mol. The average Bonchev–Trinajstić information content (AvgIpc) is 2.71. The molecule has 31 heavy (non-hydrogen) atoms. The van der Waals surface area contributed by atoms with E-state index in [9.17, 15) is 18.8 Å². The Balaban J connectivity index is 2.13. The molecule has 2 amide bonds. The second-order valence-electron chi connectivity index (χ2n) is 7.85. The molecule has 0 aliphatic carbocycles. The maximum absolute atomic E-state index is 13.0. The number of anilines is 1. The second-order valence-corrected chi connectivity index (χ2v) is 7.85. The smallest absolute Gasteiger partial charge is 0.410 e. The van der Waals surface area contributed by atoms with E-state index in [1.807, 2.05) is 0 Å². The predicted octanol–water partition coefficient (Wildman–Crippen LogP) is 2.39. The maximum atomic E-state index is 13.0. The maximum Gasteiger partial charge on any atom is 0.410 e. The molecule has 0 radical (unpaired) electrons. The van der Waals surface area contributed by atoms with E-state index in [0.717, 1.165) is 13.2 Å². The van der Waals surface area contributed by atoms with Crippen LogP contribution in [0.5, 0.6) is 0 Å². The lowest BCUT2D eigenvalue weighted by atomic mass is 10.1. The molecule has 0 atom stereocenters. The third-order valence-electron chi connectivity index (χ3n) is 4.30. The molecule has 1 heterocycles. The first-order valence-electron chi connectivity index (χ1n) is 9.68. The lowest BCUT2D eigenvalue weighted by molar-refractivity contribution is -0.132. The molecule has 0 spiro atoms. The summed E-state index contributed by atoms with van der Waals surface area (Å²) in [4.78, 5) is 39.8. The quantitative estimate of drug-likeness (QED) is 0.418. The van der Waals surface area contributed by atoms with E-state index in [4.69, 9.17) is 10.1 Å². The number of rotatable bonds is 5. The zero-order chi connectivity index (χ0) is 23.2. The third kappa shape index (κ3) is 7.09. The Morgan fingerprint density at radius 2 is 1.61 bits per heavy atom. The van der Waals surface area contributed by atoms with Crippen LogP contribution in [0.4, 0.5) is 14.9 Å². The van der Waals surface area contributed by atoms with E-state index >= 15 is 0 Å². The number of nitrogens with zero attached hydrogens (tertiary/aromatic N) is 2. The Hall–Kier alpha value is -3.43. The summed E-state index contributed by atoms with van der Waals surface area (Å²) >= 11 is 0. The van der Waals surface area contributed by atoms with Gasteiger partial charge in [-0.2, -0.15) is 0 Å². The van der Waals surface area contributed by atoms with Crippen molar-refractivity contribution in [2.24, 2.45) is 0 Å². The Bertz CT molecular complexity index is 869. The van der Waals surface area contributed by atoms with Crippen molar-refractivity contribution in [2.75, 3.05) is 38.6 Å². The molecular weight excluding hydrogens is 407 g/mol. The van der Waals surface area contributed by atoms with Crippen molar-refractivity contribution in [2.45, 2.75) is 26.4 Å². The van der Waals surface area contributed by atoms with Crippen LogP contribution in [-0.2, 0) is 19.1 Å². The van der Waals surface area contributed by atoms with Crippen LogP contribution in [0.1, 0.15) is 20.8 Å². The van der Waals surface area contributed by atoms with Gasteiger partial charge in [0.1, 0.15) is 11.4 Å². The molecule has 1 fully saturated rings. The van der Waals surface area contributed by atoms with Gasteiger partial charge >= 0.3 is 12.1 Å². The fraction of sp³-hybridized carbons (Fsp3) is 0.429. The fourth-order valence-corrected chi connectivity index (χ4v) is 2.82. The van der Waals surface area contributed by atoms with Crippen LogP contribution in [0.15, 0.2) is 36.0 Å². The normalized spacial score (nSPS) is 14.7. The van der Waals surface area contributed by atoms with Crippen LogP contribution in [0.25, 0.3) is 0 Å². The van der Waals surface area contributed by atoms with Gasteiger partial charge in [0.25, 0.3) is 5.91 Å². The molecule has 1 aliphatic heterocycles. The Morgan fingerprint density at radius 1 is 1.06 bits per heavy atom. The van der Waals surface area contributed by atoms with Gasteiger partial charge in [-0.25, -0.2) is 14.0 Å². The average molecular weight is 434 g/mol. The predicted molar refractivity (Wildman–Crippen MR) is 112 cm³/mol. The highest BCUT2D eigenvalue weighted by Gasteiger charge is 2.29. The van der Waals surface area contributed by atoms with E-state index in [0.29, 0.717) is 18.8 Å². The number of carbonyl (C=O) groups is 3. The Labute approximate surface area is 180 Å². The summed E-state index contributed by atoms with van der Waals surface area (Å²) in [7, 11) is 1.15. The number of halogens is 1. The topological polar surface area (TPSA) is 112 Å². The minimum absolute atomic E-state index is 0.0651. The van der Waals surface area contributed by atoms with Crippen molar-refractivity contribution in [1.82, 2.24) is 9.80 Å². The Kier molecular flexibility index (Phi) is 7.73. The summed E-state index contributed by atoms with van der Waals surface area (Å²) in [6.45, 7) is 6.49. The third-order valence-corrected chi connectivity index (χ3v) is 4.30. The lowest BCUT2D eigenvalue weighted by Crippen LogP contribution is -2.50. The molecule has 0 bridgehead atoms. The SMILES string of the molecule is COC(=O)C(=N)/C(=C\C(=O)Nc1ccc(F)cc1)N1CCN(C(=O)OC(C)(C)C)CC1. The summed E-state index contributed by atoms with van der Waals surface area (Å²) < 4.78 is 23.0. The van der Waals surface area contributed by atoms with Crippen LogP contribution in [-0.4, -0.2) is 72.4 Å². The lowest BCUT2D eigenvalue weighted by Gasteiger charge is -2.37. The number of esters is 1. The molecule has 0 saturated carbocycles. The number of benzene rings is 1. The molecule has 0 aromatic heterocycles. The van der Waals surface area contributed by atoms with Crippen molar-refractivity contribution >= 4 is 29.4 Å². The van der Waals surface area contributed by atoms with Crippen LogP contribution in [0.2, 0.25) is 0 Å². The molecule has 1 aromatic rings. The molecule has 0 unspecified atom stereocenters. The van der Waals surface area contributed by atoms with Crippen molar-refractivity contribution in [3.05, 3.63) is 41.9 Å². The number of hydrogen-bond acceptors (Lipinski definition) is 7. The van der Waals surface area contributed by atoms with E-state index in [-0.39, 0.29) is 18.8 Å². The molecule has 10 heteroatoms. The van der Waals surface area contributed by atoms with Crippen LogP contribution >= 0.6 is 0 Å². The number of ether oxygens (including phenoxy) is 2. The zero-order valence-corrected chi connectivity index (χ0v) is 18.0. The minimum Gasteiger partial charge on any atom is -0.464 e. The highest BCUT2D eigenvalue weighted by atomic mass is 19.1. The first kappa shape index (κ1) is 23.8. The van der Waals surface area contributed by atoms with Gasteiger partial charge in [-0.3, -0.25) is 10.2 Å². The van der Waals surface area contributed by atoms with Gasteiger partial charge in [0.05, 0.1) is 12.8 Å². The van der Waals surface area contributed by atoms with Crippen LogP contribution in [0.3, 0.4) is 0 Å². The van der Waals surface area contributed by atoms with Gasteiger partial charge in [-0.1, -0.05) is 0 Å². The van der Waals surface area contributed by atoms with Gasteiger partial charge in [-0.05, 0) is 45.0 Å². The Morgan fingerprint density at radius 3 is 2.13 bits per heavy atom. The summed E-state index contributed by atoms with van der Waals surface area (Å²) in [6, 6.07) is 5.19. The molecule has 168 valence electrons. The highest BCUT2D eigenvalue weighted by molar-refractivity contribution is 6.42. The van der Waals surface area contributed by atoms with Crippen molar-refractivity contribution < 1.29 is 28.2 Å².